The van der Waals surface area contributed by atoms with Crippen molar-refractivity contribution in [3.63, 3.8) is 0 Å². The monoisotopic (exact) mass is 526 g/mol. The third-order valence-corrected chi connectivity index (χ3v) is 7.78. The van der Waals surface area contributed by atoms with Gasteiger partial charge in [-0.2, -0.15) is 0 Å². The van der Waals surface area contributed by atoms with Crippen molar-refractivity contribution >= 4 is 17.8 Å². The van der Waals surface area contributed by atoms with E-state index < -0.39 is 0 Å². The molecule has 0 aromatic heterocycles. The zero-order chi connectivity index (χ0) is 27.4. The molecule has 7 heteroatoms. The number of amides is 2. The van der Waals surface area contributed by atoms with Crippen LogP contribution in [-0.4, -0.2) is 50.1 Å². The van der Waals surface area contributed by atoms with Crippen molar-refractivity contribution in [1.82, 2.24) is 10.2 Å². The Hall–Kier alpha value is -3.97. The molecule has 1 saturated carbocycles. The number of nitrogens with zero attached hydrogens (tertiary/aromatic N) is 1. The van der Waals surface area contributed by atoms with Crippen LogP contribution in [0.5, 0.6) is 0 Å². The molecule has 0 spiro atoms. The molecule has 1 N–H and O–H groups in total. The van der Waals surface area contributed by atoms with Crippen LogP contribution >= 0.6 is 0 Å². The minimum Gasteiger partial charge on any atom is -0.465 e. The molecule has 3 aromatic carbocycles. The van der Waals surface area contributed by atoms with Gasteiger partial charge >= 0.3 is 5.97 Å². The normalized spacial score (nSPS) is 17.7. The fraction of sp³-hybridized carbons (Fsp3) is 0.344. The van der Waals surface area contributed by atoms with Crippen LogP contribution < -0.4 is 5.32 Å². The molecule has 2 atom stereocenters. The number of rotatable bonds is 9. The first-order chi connectivity index (χ1) is 19.0. The largest absolute Gasteiger partial charge is 0.465 e. The highest BCUT2D eigenvalue weighted by atomic mass is 16.5. The maximum absolute atomic E-state index is 13.0. The van der Waals surface area contributed by atoms with Crippen LogP contribution in [0.15, 0.2) is 66.7 Å². The van der Waals surface area contributed by atoms with Gasteiger partial charge in [-0.05, 0) is 64.3 Å². The number of hydrogen-bond donors (Lipinski definition) is 1. The van der Waals surface area contributed by atoms with Crippen LogP contribution in [0.4, 0.5) is 0 Å². The van der Waals surface area contributed by atoms with Crippen molar-refractivity contribution in [1.29, 1.82) is 0 Å². The van der Waals surface area contributed by atoms with Gasteiger partial charge in [-0.1, -0.05) is 54.6 Å². The lowest BCUT2D eigenvalue weighted by Crippen LogP contribution is -2.37. The Bertz CT molecular complexity index is 1370. The number of fused-ring (bicyclic) bond motifs is 1. The number of esters is 1. The predicted molar refractivity (Wildman–Crippen MR) is 148 cm³/mol. The smallest absolute Gasteiger partial charge is 0.337 e. The molecule has 0 radical (unpaired) electrons. The van der Waals surface area contributed by atoms with Gasteiger partial charge in [-0.25, -0.2) is 4.79 Å². The maximum atomic E-state index is 13.0. The van der Waals surface area contributed by atoms with Crippen molar-refractivity contribution in [2.45, 2.75) is 38.3 Å². The Balaban J connectivity index is 1.39. The van der Waals surface area contributed by atoms with E-state index in [2.05, 4.69) is 23.5 Å². The number of carbonyl (C=O) groups excluding carboxylic acids is 3. The molecule has 0 bridgehead atoms. The summed E-state index contributed by atoms with van der Waals surface area (Å²) < 4.78 is 10.0. The Labute approximate surface area is 229 Å². The third-order valence-electron chi connectivity index (χ3n) is 7.78. The second-order valence-corrected chi connectivity index (χ2v) is 10.2. The molecule has 202 valence electrons. The second kappa shape index (κ2) is 11.8. The average Bonchev–Trinajstić information content (AvgIpc) is 3.79. The van der Waals surface area contributed by atoms with Gasteiger partial charge in [0.1, 0.15) is 0 Å². The van der Waals surface area contributed by atoms with Gasteiger partial charge in [-0.3, -0.25) is 9.59 Å². The number of nitrogens with one attached hydrogen (secondary N) is 1. The van der Waals surface area contributed by atoms with Crippen molar-refractivity contribution in [2.75, 3.05) is 27.4 Å². The minimum atomic E-state index is -0.381. The molecule has 3 aromatic rings. The summed E-state index contributed by atoms with van der Waals surface area (Å²) in [6.07, 6.45) is 1.89. The summed E-state index contributed by atoms with van der Waals surface area (Å²) in [5.74, 6) is 0.0126. The standard InChI is InChI=1S/C32H34N2O5/c1-38-16-14-30(35)34-15-13-26-25(22-9-6-10-23(17-22)32(37)39-2)12-11-24(29(26)20-34)19-33-31(36)28-18-27(28)21-7-4-3-5-8-21/h3-12,17,27-28H,13-16,18-20H2,1-2H3,(H,33,36)/t27-,28-/m0/s1. The van der Waals surface area contributed by atoms with Crippen molar-refractivity contribution in [3.05, 3.63) is 94.5 Å². The van der Waals surface area contributed by atoms with E-state index in [0.29, 0.717) is 44.6 Å². The zero-order valence-electron chi connectivity index (χ0n) is 22.4. The summed E-state index contributed by atoms with van der Waals surface area (Å²) >= 11 is 0. The molecule has 1 heterocycles. The molecule has 0 unspecified atom stereocenters. The quantitative estimate of drug-likeness (QED) is 0.416. The molecule has 5 rings (SSSR count). The zero-order valence-corrected chi connectivity index (χ0v) is 22.4. The summed E-state index contributed by atoms with van der Waals surface area (Å²) in [6.45, 7) is 1.87. The van der Waals surface area contributed by atoms with E-state index in [1.165, 1.54) is 12.7 Å². The highest BCUT2D eigenvalue weighted by Crippen LogP contribution is 2.47. The fourth-order valence-corrected chi connectivity index (χ4v) is 5.54. The van der Waals surface area contributed by atoms with Gasteiger partial charge < -0.3 is 19.7 Å². The van der Waals surface area contributed by atoms with Gasteiger partial charge in [0.05, 0.1) is 25.7 Å². The average molecular weight is 527 g/mol. The lowest BCUT2D eigenvalue weighted by Gasteiger charge is -2.32. The van der Waals surface area contributed by atoms with Crippen LogP contribution in [0.3, 0.4) is 0 Å². The fourth-order valence-electron chi connectivity index (χ4n) is 5.54. The molecule has 7 nitrogen and oxygen atoms in total. The minimum absolute atomic E-state index is 0.00400. The second-order valence-electron chi connectivity index (χ2n) is 10.2. The van der Waals surface area contributed by atoms with Crippen LogP contribution in [-0.2, 0) is 38.6 Å². The Kier molecular flexibility index (Phi) is 8.07. The van der Waals surface area contributed by atoms with Crippen molar-refractivity contribution in [3.8, 4) is 11.1 Å². The van der Waals surface area contributed by atoms with E-state index in [9.17, 15) is 14.4 Å². The molecule has 1 aliphatic carbocycles. The van der Waals surface area contributed by atoms with Gasteiger partial charge in [0.25, 0.3) is 0 Å². The van der Waals surface area contributed by atoms with E-state index in [1.807, 2.05) is 47.4 Å². The Morgan fingerprint density at radius 1 is 0.974 bits per heavy atom. The highest BCUT2D eigenvalue weighted by Gasteiger charge is 2.43. The highest BCUT2D eigenvalue weighted by molar-refractivity contribution is 5.91. The van der Waals surface area contributed by atoms with Gasteiger partial charge in [0, 0.05) is 32.7 Å². The van der Waals surface area contributed by atoms with Crippen LogP contribution in [0.2, 0.25) is 0 Å². The molecule has 2 aliphatic rings. The molecular formula is C32H34N2O5. The number of ether oxygens (including phenoxy) is 2. The molecule has 1 fully saturated rings. The Morgan fingerprint density at radius 3 is 2.56 bits per heavy atom. The number of methoxy groups -OCH3 is 2. The summed E-state index contributed by atoms with van der Waals surface area (Å²) in [5.41, 5.74) is 6.86. The lowest BCUT2D eigenvalue weighted by atomic mass is 9.87. The first-order valence-corrected chi connectivity index (χ1v) is 13.4. The maximum Gasteiger partial charge on any atom is 0.337 e. The molecule has 1 aliphatic heterocycles. The molecule has 39 heavy (non-hydrogen) atoms. The van der Waals surface area contributed by atoms with Crippen LogP contribution in [0.25, 0.3) is 11.1 Å². The SMILES string of the molecule is COCCC(=O)N1CCc2c(-c3cccc(C(=O)OC)c3)ccc(CNC(=O)[C@H]3C[C@H]3c3ccccc3)c2C1. The number of hydrogen-bond acceptors (Lipinski definition) is 5. The Morgan fingerprint density at radius 2 is 1.79 bits per heavy atom. The van der Waals surface area contributed by atoms with Gasteiger partial charge in [-0.15, -0.1) is 0 Å². The molecule has 2 amide bonds. The molecule has 0 saturated heterocycles. The first kappa shape index (κ1) is 26.6. The van der Waals surface area contributed by atoms with E-state index in [4.69, 9.17) is 9.47 Å². The summed E-state index contributed by atoms with van der Waals surface area (Å²) in [6, 6.07) is 21.7. The van der Waals surface area contributed by atoms with Gasteiger partial charge in [0.15, 0.2) is 0 Å². The third kappa shape index (κ3) is 5.88. The number of benzene rings is 3. The predicted octanol–water partition coefficient (Wildman–Crippen LogP) is 4.48. The van der Waals surface area contributed by atoms with E-state index in [0.717, 1.165) is 34.2 Å². The van der Waals surface area contributed by atoms with E-state index >= 15 is 0 Å². The van der Waals surface area contributed by atoms with E-state index in [-0.39, 0.29) is 29.6 Å². The topological polar surface area (TPSA) is 84.9 Å². The number of carbonyl (C=O) groups is 3. The van der Waals surface area contributed by atoms with Crippen LogP contribution in [0.1, 0.15) is 51.4 Å². The summed E-state index contributed by atoms with van der Waals surface area (Å²) in [7, 11) is 2.97. The summed E-state index contributed by atoms with van der Waals surface area (Å²) in [5, 5.41) is 3.16. The van der Waals surface area contributed by atoms with Crippen molar-refractivity contribution < 1.29 is 23.9 Å². The van der Waals surface area contributed by atoms with E-state index in [1.54, 1.807) is 13.2 Å². The molecular weight excluding hydrogens is 492 g/mol. The van der Waals surface area contributed by atoms with Crippen LogP contribution in [0, 0.1) is 5.92 Å². The first-order valence-electron chi connectivity index (χ1n) is 13.4. The lowest BCUT2D eigenvalue weighted by molar-refractivity contribution is -0.133. The summed E-state index contributed by atoms with van der Waals surface area (Å²) in [4.78, 5) is 39.9. The van der Waals surface area contributed by atoms with Crippen molar-refractivity contribution in [2.24, 2.45) is 5.92 Å². The van der Waals surface area contributed by atoms with Gasteiger partial charge in [0.2, 0.25) is 11.8 Å².